The molecule has 3 nitrogen and oxygen atoms in total. The molecule has 104 valence electrons. The molecule has 0 amide bonds. The first-order valence-corrected chi connectivity index (χ1v) is 8.23. The number of aliphatic hydroxyl groups is 1. The van der Waals surface area contributed by atoms with Crippen molar-refractivity contribution in [2.24, 2.45) is 5.92 Å². The van der Waals surface area contributed by atoms with Gasteiger partial charge < -0.3 is 5.11 Å². The highest BCUT2D eigenvalue weighted by atomic mass is 32.1. The molecule has 1 saturated carbocycles. The number of aliphatic hydroxyl groups excluding tert-OH is 1. The Balaban J connectivity index is 1.83. The van der Waals surface area contributed by atoms with Crippen LogP contribution in [0.15, 0.2) is 12.5 Å². The van der Waals surface area contributed by atoms with Crippen LogP contribution in [0.3, 0.4) is 0 Å². The summed E-state index contributed by atoms with van der Waals surface area (Å²) in [7, 11) is 0. The van der Waals surface area contributed by atoms with Gasteiger partial charge in [0.15, 0.2) is 0 Å². The first kappa shape index (κ1) is 13.1. The summed E-state index contributed by atoms with van der Waals surface area (Å²) in [4.78, 5) is 6.64. The number of fused-ring (bicyclic) bond motifs is 1. The summed E-state index contributed by atoms with van der Waals surface area (Å²) < 4.78 is 2.08. The summed E-state index contributed by atoms with van der Waals surface area (Å²) >= 11 is 1.76. The number of rotatable bonds is 4. The van der Waals surface area contributed by atoms with Crippen molar-refractivity contribution in [1.29, 1.82) is 0 Å². The van der Waals surface area contributed by atoms with Crippen molar-refractivity contribution in [3.8, 4) is 0 Å². The molecule has 0 unspecified atom stereocenters. The number of aromatic nitrogens is 2. The quantitative estimate of drug-likeness (QED) is 0.919. The van der Waals surface area contributed by atoms with Gasteiger partial charge in [-0.25, -0.2) is 4.98 Å². The first-order chi connectivity index (χ1) is 9.29. The monoisotopic (exact) mass is 278 g/mol. The highest BCUT2D eigenvalue weighted by Crippen LogP contribution is 2.35. The van der Waals surface area contributed by atoms with E-state index < -0.39 is 0 Å². The lowest BCUT2D eigenvalue weighted by molar-refractivity contribution is 0.126. The Morgan fingerprint density at radius 1 is 1.42 bits per heavy atom. The zero-order valence-electron chi connectivity index (χ0n) is 11.5. The molecule has 1 aliphatic carbocycles. The van der Waals surface area contributed by atoms with Gasteiger partial charge in [0.05, 0.1) is 18.0 Å². The molecule has 1 atom stereocenters. The van der Waals surface area contributed by atoms with Gasteiger partial charge in [-0.1, -0.05) is 39.0 Å². The largest absolute Gasteiger partial charge is 0.387 e. The van der Waals surface area contributed by atoms with E-state index in [0.29, 0.717) is 5.92 Å². The van der Waals surface area contributed by atoms with Gasteiger partial charge in [-0.2, -0.15) is 0 Å². The van der Waals surface area contributed by atoms with Gasteiger partial charge in [-0.15, -0.1) is 11.3 Å². The van der Waals surface area contributed by atoms with E-state index >= 15 is 0 Å². The fourth-order valence-electron chi connectivity index (χ4n) is 3.30. The lowest BCUT2D eigenvalue weighted by atomic mass is 9.85. The van der Waals surface area contributed by atoms with E-state index in [1.807, 2.05) is 12.5 Å². The highest BCUT2D eigenvalue weighted by Gasteiger charge is 2.23. The summed E-state index contributed by atoms with van der Waals surface area (Å²) in [6.07, 6.45) is 11.9. The molecule has 0 saturated heterocycles. The van der Waals surface area contributed by atoms with Crippen molar-refractivity contribution in [2.45, 2.75) is 58.0 Å². The van der Waals surface area contributed by atoms with E-state index in [1.54, 1.807) is 11.3 Å². The molecule has 4 heteroatoms. The zero-order chi connectivity index (χ0) is 13.2. The van der Waals surface area contributed by atoms with E-state index in [2.05, 4.69) is 16.3 Å². The highest BCUT2D eigenvalue weighted by molar-refractivity contribution is 7.17. The van der Waals surface area contributed by atoms with E-state index in [0.717, 1.165) is 23.4 Å². The van der Waals surface area contributed by atoms with Gasteiger partial charge in [0.1, 0.15) is 11.2 Å². The Kier molecular flexibility index (Phi) is 3.89. The zero-order valence-corrected chi connectivity index (χ0v) is 12.3. The van der Waals surface area contributed by atoms with Crippen LogP contribution in [-0.2, 0) is 6.42 Å². The topological polar surface area (TPSA) is 37.5 Å². The van der Waals surface area contributed by atoms with Crippen LogP contribution in [0, 0.1) is 5.92 Å². The van der Waals surface area contributed by atoms with Crippen LogP contribution in [-0.4, -0.2) is 14.5 Å². The molecule has 0 spiro atoms. The van der Waals surface area contributed by atoms with Gasteiger partial charge in [0, 0.05) is 4.88 Å². The molecule has 0 radical (unpaired) electrons. The lowest BCUT2D eigenvalue weighted by Crippen LogP contribution is -2.13. The van der Waals surface area contributed by atoms with E-state index in [-0.39, 0.29) is 6.10 Å². The minimum atomic E-state index is -0.332. The van der Waals surface area contributed by atoms with Crippen molar-refractivity contribution in [2.75, 3.05) is 0 Å². The van der Waals surface area contributed by atoms with Crippen molar-refractivity contribution in [1.82, 2.24) is 9.38 Å². The smallest absolute Gasteiger partial charge is 0.120 e. The van der Waals surface area contributed by atoms with E-state index in [1.165, 1.54) is 37.0 Å². The lowest BCUT2D eigenvalue weighted by Gasteiger charge is -2.24. The second-order valence-electron chi connectivity index (χ2n) is 5.62. The molecular formula is C15H22N2OS. The van der Waals surface area contributed by atoms with Crippen LogP contribution >= 0.6 is 11.3 Å². The number of thiazole rings is 1. The fourth-order valence-corrected chi connectivity index (χ4v) is 4.40. The number of nitrogens with zero attached hydrogens (tertiary/aromatic N) is 2. The fraction of sp³-hybridized carbons (Fsp3) is 0.667. The molecule has 3 rings (SSSR count). The summed E-state index contributed by atoms with van der Waals surface area (Å²) in [6.45, 7) is 2.16. The number of imidazole rings is 1. The second kappa shape index (κ2) is 5.63. The van der Waals surface area contributed by atoms with Gasteiger partial charge in [0.25, 0.3) is 0 Å². The predicted molar refractivity (Wildman–Crippen MR) is 78.6 cm³/mol. The summed E-state index contributed by atoms with van der Waals surface area (Å²) in [6, 6.07) is 0. The summed E-state index contributed by atoms with van der Waals surface area (Å²) in [5.74, 6) is 0.701. The third kappa shape index (κ3) is 2.56. The number of hydrogen-bond donors (Lipinski definition) is 1. The van der Waals surface area contributed by atoms with Crippen LogP contribution in [0.25, 0.3) is 4.83 Å². The van der Waals surface area contributed by atoms with Crippen LogP contribution in [0.2, 0.25) is 0 Å². The Labute approximate surface area is 118 Å². The minimum absolute atomic E-state index is 0.332. The Morgan fingerprint density at radius 3 is 2.95 bits per heavy atom. The van der Waals surface area contributed by atoms with Gasteiger partial charge >= 0.3 is 0 Å². The van der Waals surface area contributed by atoms with Crippen LogP contribution < -0.4 is 0 Å². The third-order valence-corrected chi connectivity index (χ3v) is 5.55. The van der Waals surface area contributed by atoms with E-state index in [4.69, 9.17) is 0 Å². The van der Waals surface area contributed by atoms with Crippen molar-refractivity contribution in [3.63, 3.8) is 0 Å². The van der Waals surface area contributed by atoms with Crippen molar-refractivity contribution >= 4 is 16.2 Å². The summed E-state index contributed by atoms with van der Waals surface area (Å²) in [5, 5.41) is 10.6. The maximum absolute atomic E-state index is 10.6. The van der Waals surface area contributed by atoms with Gasteiger partial charge in [0.2, 0.25) is 0 Å². The molecule has 2 aromatic heterocycles. The minimum Gasteiger partial charge on any atom is -0.387 e. The van der Waals surface area contributed by atoms with Crippen LogP contribution in [0.4, 0.5) is 0 Å². The maximum Gasteiger partial charge on any atom is 0.120 e. The predicted octanol–water partition coefficient (Wildman–Crippen LogP) is 3.96. The maximum atomic E-state index is 10.6. The molecule has 0 aliphatic heterocycles. The molecule has 2 heterocycles. The number of hydrogen-bond acceptors (Lipinski definition) is 3. The SMILES string of the molecule is CCc1sc2cncn2c1[C@@H](O)CC1CCCCC1. The molecule has 1 aliphatic rings. The molecule has 1 N–H and O–H groups in total. The first-order valence-electron chi connectivity index (χ1n) is 7.41. The van der Waals surface area contributed by atoms with E-state index in [9.17, 15) is 5.11 Å². The molecule has 0 bridgehead atoms. The second-order valence-corrected chi connectivity index (χ2v) is 6.74. The van der Waals surface area contributed by atoms with Crippen molar-refractivity contribution in [3.05, 3.63) is 23.1 Å². The molecule has 0 aromatic carbocycles. The Bertz CT molecular complexity index is 539. The van der Waals surface area contributed by atoms with Gasteiger partial charge in [-0.3, -0.25) is 4.40 Å². The van der Waals surface area contributed by atoms with Gasteiger partial charge in [-0.05, 0) is 18.8 Å². The standard InChI is InChI=1S/C15H22N2OS/c1-2-13-15(17-10-16-9-14(17)19-13)12(18)8-11-6-4-3-5-7-11/h9-12,18H,2-8H2,1H3/t12-/m0/s1. The Hall–Kier alpha value is -0.870. The van der Waals surface area contributed by atoms with Crippen molar-refractivity contribution < 1.29 is 5.11 Å². The normalized spacial score (nSPS) is 19.1. The average Bonchev–Trinajstić information content (AvgIpc) is 2.99. The third-order valence-electron chi connectivity index (χ3n) is 4.30. The summed E-state index contributed by atoms with van der Waals surface area (Å²) in [5.41, 5.74) is 1.09. The van der Waals surface area contributed by atoms with Crippen LogP contribution in [0.1, 0.15) is 62.1 Å². The molecule has 19 heavy (non-hydrogen) atoms. The molecule has 1 fully saturated rings. The van der Waals surface area contributed by atoms with Crippen LogP contribution in [0.5, 0.6) is 0 Å². The number of aryl methyl sites for hydroxylation is 1. The molecule has 2 aromatic rings. The average molecular weight is 278 g/mol. The molecular weight excluding hydrogens is 256 g/mol. The Morgan fingerprint density at radius 2 is 2.21 bits per heavy atom.